The first-order valence-electron chi connectivity index (χ1n) is 20.3. The Morgan fingerprint density at radius 2 is 0.898 bits per heavy atom. The standard InChI is InChI=1S/C41H77O7P/c1-5-7-9-11-13-15-17-19-21-23-25-27-29-31-33-35-40(42)46-37-39(38-47-49(4,44)45-3)48-41(43)36-34-32-30-28-26-24-22-20-18-16-14-12-10-8-6-2/h19-22,39H,5-18,23-38H2,1-4H3/t39-,49?/m1/s1. The van der Waals surface area contributed by atoms with Crippen LogP contribution in [0.5, 0.6) is 0 Å². The Morgan fingerprint density at radius 1 is 0.531 bits per heavy atom. The van der Waals surface area contributed by atoms with E-state index in [1.54, 1.807) is 0 Å². The molecule has 0 amide bonds. The Labute approximate surface area is 302 Å². The summed E-state index contributed by atoms with van der Waals surface area (Å²) in [7, 11) is -1.95. The maximum atomic E-state index is 12.5. The smallest absolute Gasteiger partial charge is 0.327 e. The van der Waals surface area contributed by atoms with Crippen LogP contribution in [0.4, 0.5) is 0 Å². The highest BCUT2D eigenvalue weighted by Gasteiger charge is 2.22. The van der Waals surface area contributed by atoms with E-state index in [-0.39, 0.29) is 25.2 Å². The van der Waals surface area contributed by atoms with Crippen molar-refractivity contribution in [3.63, 3.8) is 0 Å². The largest absolute Gasteiger partial charge is 0.462 e. The highest BCUT2D eigenvalue weighted by atomic mass is 31.2. The summed E-state index contributed by atoms with van der Waals surface area (Å²) in [6, 6.07) is 0. The molecule has 7 nitrogen and oxygen atoms in total. The molecule has 0 aliphatic carbocycles. The lowest BCUT2D eigenvalue weighted by Crippen LogP contribution is -2.29. The monoisotopic (exact) mass is 713 g/mol. The number of hydrogen-bond acceptors (Lipinski definition) is 7. The van der Waals surface area contributed by atoms with Crippen LogP contribution in [0.25, 0.3) is 0 Å². The number of carbonyl (C=O) groups is 2. The first-order chi connectivity index (χ1) is 23.8. The predicted octanol–water partition coefficient (Wildman–Crippen LogP) is 13.0. The average Bonchev–Trinajstić information content (AvgIpc) is 3.09. The van der Waals surface area contributed by atoms with Crippen molar-refractivity contribution in [1.82, 2.24) is 0 Å². The molecule has 2 atom stereocenters. The maximum Gasteiger partial charge on any atom is 0.327 e. The third-order valence-electron chi connectivity index (χ3n) is 8.84. The molecule has 0 saturated carbocycles. The Bertz CT molecular complexity index is 857. The summed E-state index contributed by atoms with van der Waals surface area (Å²) in [6.45, 7) is 5.59. The number of carbonyl (C=O) groups excluding carboxylic acids is 2. The second-order valence-corrected chi connectivity index (χ2v) is 15.9. The van der Waals surface area contributed by atoms with E-state index in [2.05, 4.69) is 38.2 Å². The van der Waals surface area contributed by atoms with Crippen molar-refractivity contribution in [3.8, 4) is 0 Å². The zero-order valence-corrected chi connectivity index (χ0v) is 33.3. The van der Waals surface area contributed by atoms with Crippen molar-refractivity contribution in [2.24, 2.45) is 0 Å². The van der Waals surface area contributed by atoms with Crippen molar-refractivity contribution < 1.29 is 32.7 Å². The van der Waals surface area contributed by atoms with Crippen molar-refractivity contribution in [2.45, 2.75) is 200 Å². The third-order valence-corrected chi connectivity index (χ3v) is 10.1. The lowest BCUT2D eigenvalue weighted by atomic mass is 10.1. The fourth-order valence-electron chi connectivity index (χ4n) is 5.57. The molecule has 0 N–H and O–H groups in total. The van der Waals surface area contributed by atoms with E-state index in [9.17, 15) is 14.2 Å². The van der Waals surface area contributed by atoms with E-state index in [0.29, 0.717) is 12.8 Å². The summed E-state index contributed by atoms with van der Waals surface area (Å²) in [5.41, 5.74) is 0. The van der Waals surface area contributed by atoms with Gasteiger partial charge in [-0.25, -0.2) is 0 Å². The lowest BCUT2D eigenvalue weighted by molar-refractivity contribution is -0.161. The number of esters is 2. The zero-order chi connectivity index (χ0) is 36.1. The molecule has 0 saturated heterocycles. The Balaban J connectivity index is 4.05. The molecular weight excluding hydrogens is 635 g/mol. The molecule has 0 rings (SSSR count). The molecule has 0 aromatic carbocycles. The van der Waals surface area contributed by atoms with Crippen LogP contribution in [0, 0.1) is 0 Å². The highest BCUT2D eigenvalue weighted by molar-refractivity contribution is 7.52. The summed E-state index contributed by atoms with van der Waals surface area (Å²) in [5, 5.41) is 0. The van der Waals surface area contributed by atoms with Crippen LogP contribution < -0.4 is 0 Å². The molecule has 0 aromatic rings. The predicted molar refractivity (Wildman–Crippen MR) is 206 cm³/mol. The molecule has 8 heteroatoms. The summed E-state index contributed by atoms with van der Waals surface area (Å²) >= 11 is 0. The molecule has 0 fully saturated rings. The summed E-state index contributed by atoms with van der Waals surface area (Å²) < 4.78 is 33.4. The first-order valence-corrected chi connectivity index (χ1v) is 22.3. The van der Waals surface area contributed by atoms with Crippen LogP contribution in [0.2, 0.25) is 0 Å². The van der Waals surface area contributed by atoms with Gasteiger partial charge in [0.2, 0.25) is 0 Å². The highest BCUT2D eigenvalue weighted by Crippen LogP contribution is 2.42. The van der Waals surface area contributed by atoms with Gasteiger partial charge in [0.1, 0.15) is 6.61 Å². The second-order valence-electron chi connectivity index (χ2n) is 13.7. The third kappa shape index (κ3) is 36.2. The molecule has 0 spiro atoms. The van der Waals surface area contributed by atoms with Gasteiger partial charge in [0.05, 0.1) is 6.61 Å². The van der Waals surface area contributed by atoms with Gasteiger partial charge < -0.3 is 18.5 Å². The maximum absolute atomic E-state index is 12.5. The van der Waals surface area contributed by atoms with Crippen molar-refractivity contribution in [2.75, 3.05) is 27.0 Å². The molecule has 0 radical (unpaired) electrons. The second kappa shape index (κ2) is 36.4. The summed E-state index contributed by atoms with van der Waals surface area (Å²) in [6.07, 6.45) is 40.2. The van der Waals surface area contributed by atoms with Crippen LogP contribution in [-0.2, 0) is 32.7 Å². The van der Waals surface area contributed by atoms with Crippen molar-refractivity contribution in [1.29, 1.82) is 0 Å². The fraction of sp³-hybridized carbons (Fsp3) is 0.854. The Hall–Kier alpha value is -1.43. The van der Waals surface area contributed by atoms with Gasteiger partial charge in [-0.1, -0.05) is 141 Å². The van der Waals surface area contributed by atoms with Crippen LogP contribution in [0.3, 0.4) is 0 Å². The minimum atomic E-state index is -3.26. The molecule has 1 unspecified atom stereocenters. The van der Waals surface area contributed by atoms with Crippen LogP contribution in [0.15, 0.2) is 24.3 Å². The van der Waals surface area contributed by atoms with E-state index >= 15 is 0 Å². The fourth-order valence-corrected chi connectivity index (χ4v) is 6.11. The van der Waals surface area contributed by atoms with E-state index in [0.717, 1.165) is 57.8 Å². The first kappa shape index (κ1) is 47.6. The quantitative estimate of drug-likeness (QED) is 0.0274. The van der Waals surface area contributed by atoms with E-state index in [1.807, 2.05) is 0 Å². The number of hydrogen-bond donors (Lipinski definition) is 0. The van der Waals surface area contributed by atoms with Gasteiger partial charge >= 0.3 is 19.5 Å². The number of rotatable bonds is 37. The summed E-state index contributed by atoms with van der Waals surface area (Å²) in [5.74, 6) is -0.676. The zero-order valence-electron chi connectivity index (χ0n) is 32.4. The lowest BCUT2D eigenvalue weighted by Gasteiger charge is -2.20. The minimum Gasteiger partial charge on any atom is -0.462 e. The molecule has 0 heterocycles. The van der Waals surface area contributed by atoms with Crippen molar-refractivity contribution >= 4 is 19.5 Å². The number of ether oxygens (including phenoxy) is 2. The van der Waals surface area contributed by atoms with Crippen LogP contribution in [-0.4, -0.2) is 45.0 Å². The van der Waals surface area contributed by atoms with Gasteiger partial charge in [-0.15, -0.1) is 0 Å². The van der Waals surface area contributed by atoms with Gasteiger partial charge in [-0.3, -0.25) is 14.2 Å². The van der Waals surface area contributed by atoms with E-state index in [4.69, 9.17) is 18.5 Å². The van der Waals surface area contributed by atoms with Crippen LogP contribution in [0.1, 0.15) is 194 Å². The molecule has 0 aromatic heterocycles. The van der Waals surface area contributed by atoms with Crippen LogP contribution >= 0.6 is 7.60 Å². The van der Waals surface area contributed by atoms with Gasteiger partial charge in [0.25, 0.3) is 0 Å². The van der Waals surface area contributed by atoms with Gasteiger partial charge in [0, 0.05) is 26.6 Å². The Morgan fingerprint density at radius 3 is 1.31 bits per heavy atom. The number of allylic oxidation sites excluding steroid dienone is 4. The van der Waals surface area contributed by atoms with Gasteiger partial charge in [-0.2, -0.15) is 0 Å². The van der Waals surface area contributed by atoms with E-state index < -0.39 is 13.7 Å². The number of unbranched alkanes of at least 4 members (excludes halogenated alkanes) is 22. The van der Waals surface area contributed by atoms with E-state index in [1.165, 1.54) is 123 Å². The molecule has 288 valence electrons. The molecule has 0 aliphatic heterocycles. The SMILES string of the molecule is CCCCCCCCC=CCCCCCCCC(=O)OC[C@H](COP(C)(=O)OC)OC(=O)CCCCCCCC=CCCCCCCCC. The normalized spacial score (nSPS) is 13.6. The van der Waals surface area contributed by atoms with Gasteiger partial charge in [-0.05, 0) is 64.2 Å². The average molecular weight is 713 g/mol. The minimum absolute atomic E-state index is 0.119. The molecule has 0 aliphatic rings. The van der Waals surface area contributed by atoms with Crippen molar-refractivity contribution in [3.05, 3.63) is 24.3 Å². The van der Waals surface area contributed by atoms with Gasteiger partial charge in [0.15, 0.2) is 6.10 Å². The molecule has 0 bridgehead atoms. The molecular formula is C41H77O7P. The summed E-state index contributed by atoms with van der Waals surface area (Å²) in [4.78, 5) is 24.9. The topological polar surface area (TPSA) is 88.1 Å². The molecule has 49 heavy (non-hydrogen) atoms. The Kier molecular flexibility index (Phi) is 35.3.